The summed E-state index contributed by atoms with van der Waals surface area (Å²) in [6, 6.07) is 0. The minimum Gasteiger partial charge on any atom is -0.103 e. The van der Waals surface area contributed by atoms with E-state index in [1.165, 1.54) is 38.5 Å². The lowest BCUT2D eigenvalue weighted by Crippen LogP contribution is -1.97. The quantitative estimate of drug-likeness (QED) is 0.510. The summed E-state index contributed by atoms with van der Waals surface area (Å²) in [5.74, 6) is 0. The van der Waals surface area contributed by atoms with Crippen molar-refractivity contribution in [3.05, 3.63) is 12.7 Å². The third-order valence-electron chi connectivity index (χ3n) is 2.62. The van der Waals surface area contributed by atoms with Crippen molar-refractivity contribution in [2.24, 2.45) is 5.41 Å². The van der Waals surface area contributed by atoms with Crippen molar-refractivity contribution >= 4 is 0 Å². The molecule has 1 aliphatic carbocycles. The van der Waals surface area contributed by atoms with Crippen LogP contribution < -0.4 is 0 Å². The second kappa shape index (κ2) is 3.23. The van der Waals surface area contributed by atoms with E-state index in [9.17, 15) is 0 Å². The first kappa shape index (κ1) is 7.84. The van der Waals surface area contributed by atoms with Gasteiger partial charge >= 0.3 is 0 Å². The molecule has 0 bridgehead atoms. The Morgan fingerprint density at radius 1 is 1.40 bits per heavy atom. The zero-order chi connectivity index (χ0) is 7.45. The number of hydrogen-bond acceptors (Lipinski definition) is 0. The second-order valence-corrected chi connectivity index (χ2v) is 3.58. The molecule has 0 nitrogen and oxygen atoms in total. The number of rotatable bonds is 5. The van der Waals surface area contributed by atoms with Gasteiger partial charge in [-0.3, -0.25) is 0 Å². The van der Waals surface area contributed by atoms with Gasteiger partial charge in [-0.15, -0.1) is 6.58 Å². The molecule has 0 N–H and O–H groups in total. The average Bonchev–Trinajstić information content (AvgIpc) is 2.67. The van der Waals surface area contributed by atoms with Gasteiger partial charge in [-0.05, 0) is 37.5 Å². The van der Waals surface area contributed by atoms with E-state index in [-0.39, 0.29) is 0 Å². The van der Waals surface area contributed by atoms with Crippen LogP contribution >= 0.6 is 0 Å². The van der Waals surface area contributed by atoms with E-state index >= 15 is 0 Å². The zero-order valence-corrected chi connectivity index (χ0v) is 7.03. The Morgan fingerprint density at radius 3 is 2.50 bits per heavy atom. The third-order valence-corrected chi connectivity index (χ3v) is 2.62. The maximum absolute atomic E-state index is 3.75. The molecule has 1 fully saturated rings. The molecule has 58 valence electrons. The van der Waals surface area contributed by atoms with E-state index < -0.39 is 0 Å². The van der Waals surface area contributed by atoms with Crippen molar-refractivity contribution in [1.82, 2.24) is 0 Å². The van der Waals surface area contributed by atoms with Crippen LogP contribution in [0, 0.1) is 5.41 Å². The van der Waals surface area contributed by atoms with E-state index in [1.807, 2.05) is 0 Å². The van der Waals surface area contributed by atoms with Crippen molar-refractivity contribution in [3.8, 4) is 0 Å². The van der Waals surface area contributed by atoms with Crippen LogP contribution in [0.15, 0.2) is 12.7 Å². The molecule has 0 saturated heterocycles. The lowest BCUT2D eigenvalue weighted by Gasteiger charge is -2.10. The molecule has 0 heterocycles. The Kier molecular flexibility index (Phi) is 2.53. The largest absolute Gasteiger partial charge is 0.103 e. The van der Waals surface area contributed by atoms with Crippen molar-refractivity contribution in [2.45, 2.75) is 45.4 Å². The summed E-state index contributed by atoms with van der Waals surface area (Å²) in [6.45, 7) is 6.04. The second-order valence-electron chi connectivity index (χ2n) is 3.58. The van der Waals surface area contributed by atoms with Gasteiger partial charge in [0.1, 0.15) is 0 Å². The molecule has 10 heavy (non-hydrogen) atoms. The van der Waals surface area contributed by atoms with E-state index in [0.29, 0.717) is 0 Å². The van der Waals surface area contributed by atoms with Crippen molar-refractivity contribution in [3.63, 3.8) is 0 Å². The van der Waals surface area contributed by atoms with Gasteiger partial charge in [-0.1, -0.05) is 19.4 Å². The van der Waals surface area contributed by atoms with Gasteiger partial charge in [-0.2, -0.15) is 0 Å². The van der Waals surface area contributed by atoms with E-state index in [1.54, 1.807) is 0 Å². The van der Waals surface area contributed by atoms with Crippen LogP contribution in [0.1, 0.15) is 45.4 Å². The van der Waals surface area contributed by atoms with Crippen LogP contribution in [0.25, 0.3) is 0 Å². The monoisotopic (exact) mass is 138 g/mol. The van der Waals surface area contributed by atoms with E-state index in [0.717, 1.165) is 5.41 Å². The van der Waals surface area contributed by atoms with Gasteiger partial charge in [0.15, 0.2) is 0 Å². The van der Waals surface area contributed by atoms with Crippen LogP contribution in [0.3, 0.4) is 0 Å². The maximum Gasteiger partial charge on any atom is -0.0294 e. The highest BCUT2D eigenvalue weighted by Gasteiger charge is 2.39. The van der Waals surface area contributed by atoms with Crippen LogP contribution in [0.5, 0.6) is 0 Å². The molecule has 0 aliphatic heterocycles. The minimum absolute atomic E-state index is 0.781. The Bertz CT molecular complexity index is 109. The fourth-order valence-corrected chi connectivity index (χ4v) is 1.74. The van der Waals surface area contributed by atoms with E-state index in [4.69, 9.17) is 0 Å². The fourth-order valence-electron chi connectivity index (χ4n) is 1.74. The average molecular weight is 138 g/mol. The Labute approximate surface area is 64.3 Å². The van der Waals surface area contributed by atoms with Gasteiger partial charge < -0.3 is 0 Å². The Morgan fingerprint density at radius 2 is 2.10 bits per heavy atom. The molecule has 0 aromatic rings. The lowest BCUT2D eigenvalue weighted by atomic mass is 9.95. The van der Waals surface area contributed by atoms with Gasteiger partial charge in [0.05, 0.1) is 0 Å². The molecule has 0 aromatic heterocycles. The summed E-state index contributed by atoms with van der Waals surface area (Å²) >= 11 is 0. The van der Waals surface area contributed by atoms with Crippen LogP contribution in [-0.4, -0.2) is 0 Å². The SMILES string of the molecule is C=CCCC1(CCC)CC1. The number of hydrogen-bond donors (Lipinski definition) is 0. The first-order valence-corrected chi connectivity index (χ1v) is 4.44. The van der Waals surface area contributed by atoms with Crippen LogP contribution in [-0.2, 0) is 0 Å². The molecular formula is C10H18. The van der Waals surface area contributed by atoms with E-state index in [2.05, 4.69) is 19.6 Å². The van der Waals surface area contributed by atoms with Crippen molar-refractivity contribution in [2.75, 3.05) is 0 Å². The van der Waals surface area contributed by atoms with Crippen molar-refractivity contribution in [1.29, 1.82) is 0 Å². The normalized spacial score (nSPS) is 20.5. The molecular weight excluding hydrogens is 120 g/mol. The van der Waals surface area contributed by atoms with Crippen LogP contribution in [0.4, 0.5) is 0 Å². The Hall–Kier alpha value is -0.260. The van der Waals surface area contributed by atoms with Crippen LogP contribution in [0.2, 0.25) is 0 Å². The summed E-state index contributed by atoms with van der Waals surface area (Å²) in [4.78, 5) is 0. The molecule has 0 aromatic carbocycles. The number of allylic oxidation sites excluding steroid dienone is 1. The molecule has 0 unspecified atom stereocenters. The predicted octanol–water partition coefficient (Wildman–Crippen LogP) is 3.53. The first-order chi connectivity index (χ1) is 4.83. The third kappa shape index (κ3) is 1.86. The topological polar surface area (TPSA) is 0 Å². The Balaban J connectivity index is 2.16. The highest BCUT2D eigenvalue weighted by atomic mass is 14.4. The molecule has 1 saturated carbocycles. The minimum atomic E-state index is 0.781. The summed E-state index contributed by atoms with van der Waals surface area (Å²) in [7, 11) is 0. The molecule has 0 radical (unpaired) electrons. The fraction of sp³-hybridized carbons (Fsp3) is 0.800. The molecule has 0 spiro atoms. The predicted molar refractivity (Wildman–Crippen MR) is 46.0 cm³/mol. The summed E-state index contributed by atoms with van der Waals surface area (Å²) in [6.07, 6.45) is 10.4. The molecule has 1 aliphatic rings. The van der Waals surface area contributed by atoms with Gasteiger partial charge in [0.25, 0.3) is 0 Å². The summed E-state index contributed by atoms with van der Waals surface area (Å²) in [5.41, 5.74) is 0.781. The summed E-state index contributed by atoms with van der Waals surface area (Å²) in [5, 5.41) is 0. The smallest absolute Gasteiger partial charge is 0.0294 e. The highest BCUT2D eigenvalue weighted by Crippen LogP contribution is 2.53. The standard InChI is InChI=1S/C10H18/c1-3-5-7-10(6-4-2)8-9-10/h3H,1,4-9H2,2H3. The molecule has 0 atom stereocenters. The van der Waals surface area contributed by atoms with Gasteiger partial charge in [0, 0.05) is 0 Å². The van der Waals surface area contributed by atoms with Gasteiger partial charge in [0.2, 0.25) is 0 Å². The molecule has 0 amide bonds. The first-order valence-electron chi connectivity index (χ1n) is 4.44. The molecule has 0 heteroatoms. The van der Waals surface area contributed by atoms with Crippen molar-refractivity contribution < 1.29 is 0 Å². The zero-order valence-electron chi connectivity index (χ0n) is 7.03. The highest BCUT2D eigenvalue weighted by molar-refractivity contribution is 4.93. The summed E-state index contributed by atoms with van der Waals surface area (Å²) < 4.78 is 0. The maximum atomic E-state index is 3.75. The van der Waals surface area contributed by atoms with Gasteiger partial charge in [-0.25, -0.2) is 0 Å². The lowest BCUT2D eigenvalue weighted by molar-refractivity contribution is 0.428. The molecule has 1 rings (SSSR count).